The third-order valence-corrected chi connectivity index (χ3v) is 3.95. The molecule has 2 aliphatic heterocycles. The Morgan fingerprint density at radius 2 is 1.83 bits per heavy atom. The molecule has 0 bridgehead atoms. The van der Waals surface area contributed by atoms with Crippen molar-refractivity contribution in [2.24, 2.45) is 0 Å². The highest BCUT2D eigenvalue weighted by Crippen LogP contribution is 2.45. The smallest absolute Gasteiger partial charge is 0.267 e. The second-order valence-electron chi connectivity index (χ2n) is 4.86. The van der Waals surface area contributed by atoms with E-state index in [0.29, 0.717) is 6.54 Å². The van der Waals surface area contributed by atoms with E-state index in [1.165, 1.54) is 0 Å². The number of carbonyl (C=O) groups is 2. The van der Waals surface area contributed by atoms with Gasteiger partial charge in [0.15, 0.2) is 12.2 Å². The summed E-state index contributed by atoms with van der Waals surface area (Å²) >= 11 is 0. The van der Waals surface area contributed by atoms with Crippen molar-refractivity contribution in [3.63, 3.8) is 0 Å². The molecular formula is C14H11N2O2+. The Labute approximate surface area is 103 Å². The topological polar surface area (TPSA) is 46.2 Å². The minimum Gasteiger partial charge on any atom is -0.267 e. The monoisotopic (exact) mass is 239 g/mol. The number of quaternary nitrogens is 1. The highest BCUT2D eigenvalue weighted by atomic mass is 16.2. The lowest BCUT2D eigenvalue weighted by Gasteiger charge is -2.13. The van der Waals surface area contributed by atoms with Crippen molar-refractivity contribution in [1.29, 1.82) is 0 Å². The predicted molar refractivity (Wildman–Crippen MR) is 67.9 cm³/mol. The Bertz CT molecular complexity index is 705. The molecule has 4 nitrogen and oxygen atoms in total. The van der Waals surface area contributed by atoms with E-state index in [1.807, 2.05) is 42.5 Å². The summed E-state index contributed by atoms with van der Waals surface area (Å²) in [6, 6.07) is 13.4. The van der Waals surface area contributed by atoms with Gasteiger partial charge >= 0.3 is 6.03 Å². The first kappa shape index (κ1) is 9.79. The number of nitrogens with zero attached hydrogens (tertiary/aromatic N) is 1. The van der Waals surface area contributed by atoms with Crippen LogP contribution in [0.4, 0.5) is 10.5 Å². The lowest BCUT2D eigenvalue weighted by molar-refractivity contribution is -0.118. The Balaban J connectivity index is 2.00. The number of amides is 3. The van der Waals surface area contributed by atoms with Crippen LogP contribution in [-0.2, 0) is 4.79 Å². The Morgan fingerprint density at radius 3 is 2.56 bits per heavy atom. The Morgan fingerprint density at radius 1 is 1.06 bits per heavy atom. The standard InChI is InChI=1S/C14H10N2O2/c17-13-12-8-16(12,14(18)15-13)11-7-3-5-9-4-1-2-6-10(9)11/h1-7,12H,8H2/p+1. The average Bonchev–Trinajstić information content (AvgIpc) is 3.09. The van der Waals surface area contributed by atoms with Gasteiger partial charge in [0.1, 0.15) is 0 Å². The van der Waals surface area contributed by atoms with Crippen LogP contribution in [0.2, 0.25) is 0 Å². The van der Waals surface area contributed by atoms with Crippen LogP contribution in [0.5, 0.6) is 0 Å². The number of fused-ring (bicyclic) bond motifs is 2. The molecular weight excluding hydrogens is 228 g/mol. The maximum Gasteiger partial charge on any atom is 0.429 e. The van der Waals surface area contributed by atoms with Gasteiger partial charge in [0.25, 0.3) is 5.91 Å². The molecule has 88 valence electrons. The summed E-state index contributed by atoms with van der Waals surface area (Å²) in [4.78, 5) is 23.6. The van der Waals surface area contributed by atoms with E-state index < -0.39 is 0 Å². The molecule has 2 saturated heterocycles. The number of imide groups is 1. The summed E-state index contributed by atoms with van der Waals surface area (Å²) in [5.74, 6) is -0.145. The SMILES string of the molecule is O=C1NC(=O)[N+]2(c3cccc4ccccc34)CC12. The number of nitrogens with one attached hydrogen (secondary N) is 1. The fourth-order valence-corrected chi connectivity index (χ4v) is 2.95. The van der Waals surface area contributed by atoms with Crippen LogP contribution < -0.4 is 9.80 Å². The van der Waals surface area contributed by atoms with Gasteiger partial charge in [0, 0.05) is 11.5 Å². The van der Waals surface area contributed by atoms with Gasteiger partial charge in [-0.3, -0.25) is 4.79 Å². The van der Waals surface area contributed by atoms with Crippen molar-refractivity contribution >= 4 is 28.4 Å². The zero-order valence-electron chi connectivity index (χ0n) is 9.59. The van der Waals surface area contributed by atoms with E-state index in [0.717, 1.165) is 16.5 Å². The van der Waals surface area contributed by atoms with Crippen LogP contribution in [-0.4, -0.2) is 24.5 Å². The van der Waals surface area contributed by atoms with E-state index in [1.54, 1.807) is 0 Å². The van der Waals surface area contributed by atoms with E-state index in [4.69, 9.17) is 0 Å². The molecule has 2 atom stereocenters. The lowest BCUT2D eigenvalue weighted by Crippen LogP contribution is -2.37. The largest absolute Gasteiger partial charge is 0.429 e. The van der Waals surface area contributed by atoms with Crippen molar-refractivity contribution in [3.8, 4) is 0 Å². The molecule has 0 aliphatic carbocycles. The molecule has 2 aliphatic rings. The molecule has 2 aromatic carbocycles. The first-order chi connectivity index (χ1) is 8.73. The summed E-state index contributed by atoms with van der Waals surface area (Å²) in [6.07, 6.45) is 0. The normalized spacial score (nSPS) is 29.2. The molecule has 1 N–H and O–H groups in total. The van der Waals surface area contributed by atoms with Crippen molar-refractivity contribution in [3.05, 3.63) is 42.5 Å². The lowest BCUT2D eigenvalue weighted by atomic mass is 10.1. The van der Waals surface area contributed by atoms with Crippen LogP contribution in [0, 0.1) is 0 Å². The highest BCUT2D eigenvalue weighted by molar-refractivity contribution is 6.18. The first-order valence-corrected chi connectivity index (χ1v) is 5.95. The second kappa shape index (κ2) is 2.97. The predicted octanol–water partition coefficient (Wildman–Crippen LogP) is 1.78. The van der Waals surface area contributed by atoms with Gasteiger partial charge in [0.2, 0.25) is 6.04 Å². The number of benzene rings is 2. The molecule has 2 fully saturated rings. The molecule has 0 aromatic heterocycles. The number of hydrogen-bond donors (Lipinski definition) is 1. The molecule has 0 saturated carbocycles. The average molecular weight is 239 g/mol. The fourth-order valence-electron chi connectivity index (χ4n) is 2.95. The Kier molecular flexibility index (Phi) is 1.62. The molecule has 4 heteroatoms. The number of urea groups is 1. The molecule has 2 heterocycles. The van der Waals surface area contributed by atoms with E-state index in [2.05, 4.69) is 5.32 Å². The van der Waals surface area contributed by atoms with Gasteiger partial charge in [-0.25, -0.2) is 10.1 Å². The van der Waals surface area contributed by atoms with Crippen molar-refractivity contribution < 1.29 is 9.59 Å². The van der Waals surface area contributed by atoms with Gasteiger partial charge in [-0.1, -0.05) is 30.3 Å². The molecule has 2 unspecified atom stereocenters. The van der Waals surface area contributed by atoms with Gasteiger partial charge in [-0.15, -0.1) is 0 Å². The first-order valence-electron chi connectivity index (χ1n) is 5.95. The number of hydrogen-bond acceptors (Lipinski definition) is 2. The van der Waals surface area contributed by atoms with Crippen LogP contribution in [0.15, 0.2) is 42.5 Å². The van der Waals surface area contributed by atoms with Crippen LogP contribution in [0.1, 0.15) is 0 Å². The summed E-state index contributed by atoms with van der Waals surface area (Å²) in [5, 5.41) is 4.56. The van der Waals surface area contributed by atoms with E-state index in [9.17, 15) is 9.59 Å². The molecule has 2 aromatic rings. The molecule has 18 heavy (non-hydrogen) atoms. The summed E-state index contributed by atoms with van der Waals surface area (Å²) in [7, 11) is 0. The molecule has 4 rings (SSSR count). The summed E-state index contributed by atoms with van der Waals surface area (Å²) in [6.45, 7) is 0.596. The van der Waals surface area contributed by atoms with Gasteiger partial charge < -0.3 is 0 Å². The van der Waals surface area contributed by atoms with E-state index in [-0.39, 0.29) is 22.5 Å². The van der Waals surface area contributed by atoms with Crippen molar-refractivity contribution in [2.75, 3.05) is 6.54 Å². The maximum absolute atomic E-state index is 12.0. The number of rotatable bonds is 1. The van der Waals surface area contributed by atoms with Crippen molar-refractivity contribution in [1.82, 2.24) is 9.80 Å². The number of carbonyl (C=O) groups excluding carboxylic acids is 2. The third kappa shape index (κ3) is 0.990. The quantitative estimate of drug-likeness (QED) is 0.468. The minimum atomic E-state index is -0.219. The second-order valence-corrected chi connectivity index (χ2v) is 4.86. The highest BCUT2D eigenvalue weighted by Gasteiger charge is 2.73. The van der Waals surface area contributed by atoms with Crippen LogP contribution >= 0.6 is 0 Å². The van der Waals surface area contributed by atoms with Crippen LogP contribution in [0.25, 0.3) is 10.8 Å². The zero-order valence-corrected chi connectivity index (χ0v) is 9.59. The van der Waals surface area contributed by atoms with Gasteiger partial charge in [-0.2, -0.15) is 4.48 Å². The van der Waals surface area contributed by atoms with Crippen molar-refractivity contribution in [2.45, 2.75) is 6.04 Å². The Hall–Kier alpha value is -2.20. The van der Waals surface area contributed by atoms with Gasteiger partial charge in [-0.05, 0) is 11.5 Å². The zero-order chi connectivity index (χ0) is 12.3. The van der Waals surface area contributed by atoms with E-state index >= 15 is 0 Å². The van der Waals surface area contributed by atoms with Gasteiger partial charge in [0.05, 0.1) is 0 Å². The maximum atomic E-state index is 12.0. The molecule has 0 radical (unpaired) electrons. The minimum absolute atomic E-state index is 0.145. The fraction of sp³-hybridized carbons (Fsp3) is 0.143. The van der Waals surface area contributed by atoms with Crippen LogP contribution in [0.3, 0.4) is 0 Å². The molecule has 3 amide bonds. The summed E-state index contributed by atoms with van der Waals surface area (Å²) < 4.78 is 0.153. The molecule has 0 spiro atoms. The third-order valence-electron chi connectivity index (χ3n) is 3.95. The summed E-state index contributed by atoms with van der Waals surface area (Å²) in [5.41, 5.74) is 0.932.